The van der Waals surface area contributed by atoms with Gasteiger partial charge in [-0.3, -0.25) is 0 Å². The molecule has 1 atom stereocenters. The molecule has 0 fully saturated rings. The second-order valence-corrected chi connectivity index (χ2v) is 8.78. The zero-order valence-electron chi connectivity index (χ0n) is 19.4. The van der Waals surface area contributed by atoms with Crippen molar-refractivity contribution < 1.29 is 0 Å². The van der Waals surface area contributed by atoms with Crippen LogP contribution in [-0.2, 0) is 11.8 Å². The summed E-state index contributed by atoms with van der Waals surface area (Å²) >= 11 is 0. The number of likely N-dealkylation sites (N-methyl/N-ethyl adjacent to an activating group) is 2. The van der Waals surface area contributed by atoms with E-state index in [1.54, 1.807) is 0 Å². The number of rotatable bonds is 13. The molecule has 1 unspecified atom stereocenters. The van der Waals surface area contributed by atoms with Crippen molar-refractivity contribution in [2.75, 3.05) is 39.8 Å². The lowest BCUT2D eigenvalue weighted by molar-refractivity contribution is 0.161. The van der Waals surface area contributed by atoms with Gasteiger partial charge in [0.05, 0.1) is 0 Å². The van der Waals surface area contributed by atoms with Crippen molar-refractivity contribution in [3.05, 3.63) is 71.8 Å². The summed E-state index contributed by atoms with van der Waals surface area (Å²) in [6.45, 7) is 15.1. The quantitative estimate of drug-likeness (QED) is 0.419. The molecule has 0 bridgehead atoms. The summed E-state index contributed by atoms with van der Waals surface area (Å²) in [6, 6.07) is 22.1. The van der Waals surface area contributed by atoms with E-state index in [-0.39, 0.29) is 5.41 Å². The van der Waals surface area contributed by atoms with Crippen molar-refractivity contribution in [3.63, 3.8) is 0 Å². The summed E-state index contributed by atoms with van der Waals surface area (Å²) in [5, 5.41) is 0. The highest BCUT2D eigenvalue weighted by Gasteiger charge is 2.36. The minimum absolute atomic E-state index is 0.216. The van der Waals surface area contributed by atoms with Gasteiger partial charge in [0.25, 0.3) is 0 Å². The van der Waals surface area contributed by atoms with Gasteiger partial charge >= 0.3 is 0 Å². The second kappa shape index (κ2) is 12.1. The Labute approximate surface area is 179 Å². The molecule has 0 saturated heterocycles. The number of nitrogens with zero attached hydrogens (tertiary/aromatic N) is 2. The van der Waals surface area contributed by atoms with Crippen molar-refractivity contribution in [2.45, 2.75) is 52.4 Å². The van der Waals surface area contributed by atoms with Crippen LogP contribution in [0, 0.1) is 5.92 Å². The molecule has 0 spiro atoms. The third kappa shape index (κ3) is 6.97. The Morgan fingerprint density at radius 1 is 0.828 bits per heavy atom. The highest BCUT2D eigenvalue weighted by molar-refractivity contribution is 5.27. The fourth-order valence-electron chi connectivity index (χ4n) is 4.48. The fraction of sp³-hybridized carbons (Fsp3) is 0.556. The van der Waals surface area contributed by atoms with Gasteiger partial charge in [-0.15, -0.1) is 0 Å². The average molecular weight is 395 g/mol. The van der Waals surface area contributed by atoms with Gasteiger partial charge < -0.3 is 9.80 Å². The van der Waals surface area contributed by atoms with Crippen LogP contribution in [0.15, 0.2) is 60.7 Å². The number of benzene rings is 2. The van der Waals surface area contributed by atoms with Crippen LogP contribution in [-0.4, -0.2) is 49.6 Å². The molecule has 2 aromatic rings. The molecule has 2 nitrogen and oxygen atoms in total. The van der Waals surface area contributed by atoms with Crippen molar-refractivity contribution in [1.29, 1.82) is 0 Å². The van der Waals surface area contributed by atoms with E-state index in [4.69, 9.17) is 0 Å². The highest BCUT2D eigenvalue weighted by atomic mass is 15.1. The van der Waals surface area contributed by atoms with Crippen LogP contribution in [0.25, 0.3) is 0 Å². The summed E-state index contributed by atoms with van der Waals surface area (Å²) in [5.41, 5.74) is 3.16. The van der Waals surface area contributed by atoms with Gasteiger partial charge in [0.15, 0.2) is 0 Å². The van der Waals surface area contributed by atoms with Gasteiger partial charge in [-0.2, -0.15) is 0 Å². The van der Waals surface area contributed by atoms with E-state index in [2.05, 4.69) is 105 Å². The van der Waals surface area contributed by atoms with Crippen LogP contribution in [0.3, 0.4) is 0 Å². The lowest BCUT2D eigenvalue weighted by atomic mass is 9.68. The van der Waals surface area contributed by atoms with Crippen molar-refractivity contribution in [2.24, 2.45) is 5.92 Å². The normalized spacial score (nSPS) is 13.9. The largest absolute Gasteiger partial charge is 0.306 e. The highest BCUT2D eigenvalue weighted by Crippen LogP contribution is 2.38. The van der Waals surface area contributed by atoms with E-state index < -0.39 is 0 Å². The maximum absolute atomic E-state index is 2.60. The third-order valence-electron chi connectivity index (χ3n) is 6.64. The van der Waals surface area contributed by atoms with Crippen LogP contribution in [0.2, 0.25) is 0 Å². The summed E-state index contributed by atoms with van der Waals surface area (Å²) < 4.78 is 0. The standard InChI is InChI=1S/C27H42N2/c1-6-29(7-2)23-27(24(3)4,26-17-12-9-13-18-26)20-14-21-28(5)22-19-25-15-10-8-11-16-25/h8-13,15-18,24H,6-7,14,19-23H2,1-5H3. The lowest BCUT2D eigenvalue weighted by Gasteiger charge is -2.42. The smallest absolute Gasteiger partial charge is 0.0104 e. The van der Waals surface area contributed by atoms with Crippen LogP contribution in [0.4, 0.5) is 0 Å². The molecule has 2 aromatic carbocycles. The van der Waals surface area contributed by atoms with Gasteiger partial charge in [0.1, 0.15) is 0 Å². The minimum atomic E-state index is 0.216. The van der Waals surface area contributed by atoms with Crippen LogP contribution in [0.5, 0.6) is 0 Å². The fourth-order valence-corrected chi connectivity index (χ4v) is 4.48. The van der Waals surface area contributed by atoms with E-state index in [1.807, 2.05) is 0 Å². The zero-order valence-corrected chi connectivity index (χ0v) is 19.4. The van der Waals surface area contributed by atoms with E-state index in [0.29, 0.717) is 5.92 Å². The first-order valence-electron chi connectivity index (χ1n) is 11.5. The molecule has 0 aliphatic rings. The van der Waals surface area contributed by atoms with Gasteiger partial charge in [0.2, 0.25) is 0 Å². The topological polar surface area (TPSA) is 6.48 Å². The SMILES string of the molecule is CCN(CC)CC(CCCN(C)CCc1ccccc1)(c1ccccc1)C(C)C. The lowest BCUT2D eigenvalue weighted by Crippen LogP contribution is -2.45. The van der Waals surface area contributed by atoms with E-state index >= 15 is 0 Å². The Morgan fingerprint density at radius 3 is 1.97 bits per heavy atom. The van der Waals surface area contributed by atoms with Crippen molar-refractivity contribution >= 4 is 0 Å². The Bertz CT molecular complexity index is 663. The Morgan fingerprint density at radius 2 is 1.41 bits per heavy atom. The maximum Gasteiger partial charge on any atom is 0.0104 e. The first kappa shape index (κ1) is 23.6. The molecule has 0 heterocycles. The average Bonchev–Trinajstić information content (AvgIpc) is 2.76. The molecule has 29 heavy (non-hydrogen) atoms. The van der Waals surface area contributed by atoms with E-state index in [1.165, 1.54) is 24.0 Å². The van der Waals surface area contributed by atoms with Crippen molar-refractivity contribution in [1.82, 2.24) is 9.80 Å². The molecular formula is C27H42N2. The molecule has 2 rings (SSSR count). The second-order valence-electron chi connectivity index (χ2n) is 8.78. The van der Waals surface area contributed by atoms with Gasteiger partial charge in [-0.25, -0.2) is 0 Å². The van der Waals surface area contributed by atoms with Crippen LogP contribution in [0.1, 0.15) is 51.7 Å². The molecule has 0 radical (unpaired) electrons. The van der Waals surface area contributed by atoms with E-state index in [9.17, 15) is 0 Å². The molecule has 0 aromatic heterocycles. The summed E-state index contributed by atoms with van der Waals surface area (Å²) in [4.78, 5) is 5.10. The summed E-state index contributed by atoms with van der Waals surface area (Å²) in [7, 11) is 2.27. The molecule has 0 aliphatic carbocycles. The Kier molecular flexibility index (Phi) is 9.90. The van der Waals surface area contributed by atoms with Crippen LogP contribution >= 0.6 is 0 Å². The van der Waals surface area contributed by atoms with Crippen molar-refractivity contribution in [3.8, 4) is 0 Å². The molecule has 2 heteroatoms. The molecule has 0 N–H and O–H groups in total. The Balaban J connectivity index is 2.03. The summed E-state index contributed by atoms with van der Waals surface area (Å²) in [6.07, 6.45) is 3.60. The molecule has 0 saturated carbocycles. The summed E-state index contributed by atoms with van der Waals surface area (Å²) in [5.74, 6) is 0.611. The third-order valence-corrected chi connectivity index (χ3v) is 6.64. The zero-order chi connectivity index (χ0) is 21.1. The molecule has 0 amide bonds. The van der Waals surface area contributed by atoms with Crippen LogP contribution < -0.4 is 0 Å². The predicted octanol–water partition coefficient (Wildman–Crippen LogP) is 5.88. The number of hydrogen-bond acceptors (Lipinski definition) is 2. The molecular weight excluding hydrogens is 352 g/mol. The van der Waals surface area contributed by atoms with Gasteiger partial charge in [-0.05, 0) is 63.0 Å². The predicted molar refractivity (Wildman–Crippen MR) is 128 cm³/mol. The molecule has 160 valence electrons. The van der Waals surface area contributed by atoms with Gasteiger partial charge in [0, 0.05) is 18.5 Å². The van der Waals surface area contributed by atoms with E-state index in [0.717, 1.165) is 39.1 Å². The monoisotopic (exact) mass is 394 g/mol. The first-order valence-corrected chi connectivity index (χ1v) is 11.5. The first-order chi connectivity index (χ1) is 14.0. The van der Waals surface area contributed by atoms with Gasteiger partial charge in [-0.1, -0.05) is 88.4 Å². The molecule has 0 aliphatic heterocycles. The Hall–Kier alpha value is -1.64. The maximum atomic E-state index is 2.60. The number of hydrogen-bond donors (Lipinski definition) is 0. The minimum Gasteiger partial charge on any atom is -0.306 e.